The van der Waals surface area contributed by atoms with Crippen LogP contribution in [0.4, 0.5) is 18.9 Å². The van der Waals surface area contributed by atoms with E-state index in [9.17, 15) is 23.2 Å². The Kier molecular flexibility index (Phi) is 11.7. The zero-order valence-corrected chi connectivity index (χ0v) is 26.9. The SMILES string of the molecule is CC(C)n1nccc1C(=O)N[C@H](C(=O)Nc1ccc([C@H](C)C(=O)NCC(C)(F)F)cc1F)C(C1CCCCC1)C1CCCCC1. The molecule has 2 aromatic rings. The van der Waals surface area contributed by atoms with Gasteiger partial charge in [-0.3, -0.25) is 19.1 Å². The molecule has 11 heteroatoms. The second-order valence-corrected chi connectivity index (χ2v) is 13.3. The van der Waals surface area contributed by atoms with Crippen LogP contribution in [0.2, 0.25) is 0 Å². The van der Waals surface area contributed by atoms with Crippen molar-refractivity contribution < 1.29 is 27.6 Å². The van der Waals surface area contributed by atoms with Crippen molar-refractivity contribution in [3.8, 4) is 0 Å². The van der Waals surface area contributed by atoms with Gasteiger partial charge in [-0.1, -0.05) is 70.3 Å². The van der Waals surface area contributed by atoms with E-state index in [1.165, 1.54) is 19.1 Å². The van der Waals surface area contributed by atoms with Gasteiger partial charge in [-0.15, -0.1) is 0 Å². The number of benzene rings is 1. The third-order valence-electron chi connectivity index (χ3n) is 9.45. The number of hydrogen-bond acceptors (Lipinski definition) is 4. The van der Waals surface area contributed by atoms with Crippen LogP contribution in [-0.4, -0.2) is 46.0 Å². The Morgan fingerprint density at radius 1 is 0.933 bits per heavy atom. The molecule has 0 radical (unpaired) electrons. The topological polar surface area (TPSA) is 105 Å². The van der Waals surface area contributed by atoms with E-state index in [1.807, 2.05) is 13.8 Å². The lowest BCUT2D eigenvalue weighted by Crippen LogP contribution is -2.53. The highest BCUT2D eigenvalue weighted by molar-refractivity contribution is 6.01. The van der Waals surface area contributed by atoms with Crippen molar-refractivity contribution in [2.75, 3.05) is 11.9 Å². The van der Waals surface area contributed by atoms with Crippen molar-refractivity contribution in [3.63, 3.8) is 0 Å². The van der Waals surface area contributed by atoms with Crippen LogP contribution in [0.25, 0.3) is 0 Å². The number of hydrogen-bond donors (Lipinski definition) is 3. The van der Waals surface area contributed by atoms with Gasteiger partial charge in [0.1, 0.15) is 17.6 Å². The molecule has 3 N–H and O–H groups in total. The molecule has 1 aromatic heterocycles. The lowest BCUT2D eigenvalue weighted by molar-refractivity contribution is -0.124. The fourth-order valence-corrected chi connectivity index (χ4v) is 7.08. The van der Waals surface area contributed by atoms with Crippen LogP contribution in [0.5, 0.6) is 0 Å². The number of carbonyl (C=O) groups excluding carboxylic acids is 3. The summed E-state index contributed by atoms with van der Waals surface area (Å²) in [6.45, 7) is 5.24. The number of nitrogens with zero attached hydrogens (tertiary/aromatic N) is 2. The molecule has 3 amide bonds. The monoisotopic (exact) mass is 631 g/mol. The zero-order chi connectivity index (χ0) is 32.7. The highest BCUT2D eigenvalue weighted by Gasteiger charge is 2.41. The summed E-state index contributed by atoms with van der Waals surface area (Å²) in [6, 6.07) is 4.71. The fourth-order valence-electron chi connectivity index (χ4n) is 7.08. The van der Waals surface area contributed by atoms with Gasteiger partial charge in [0.15, 0.2) is 0 Å². The molecular weight excluding hydrogens is 583 g/mol. The van der Waals surface area contributed by atoms with Crippen LogP contribution < -0.4 is 16.0 Å². The third-order valence-corrected chi connectivity index (χ3v) is 9.45. The van der Waals surface area contributed by atoms with Gasteiger partial charge in [0.2, 0.25) is 11.8 Å². The summed E-state index contributed by atoms with van der Waals surface area (Å²) < 4.78 is 43.5. The van der Waals surface area contributed by atoms with Crippen molar-refractivity contribution in [1.29, 1.82) is 0 Å². The van der Waals surface area contributed by atoms with Gasteiger partial charge in [0.25, 0.3) is 11.8 Å². The van der Waals surface area contributed by atoms with E-state index in [4.69, 9.17) is 0 Å². The number of aromatic nitrogens is 2. The predicted octanol–water partition coefficient (Wildman–Crippen LogP) is 6.99. The molecule has 0 unspecified atom stereocenters. The summed E-state index contributed by atoms with van der Waals surface area (Å²) in [4.78, 5) is 40.3. The first-order valence-corrected chi connectivity index (χ1v) is 16.5. The van der Waals surface area contributed by atoms with Crippen molar-refractivity contribution in [2.24, 2.45) is 17.8 Å². The molecule has 2 aliphatic rings. The number of halogens is 3. The molecule has 0 aliphatic heterocycles. The van der Waals surface area contributed by atoms with Crippen molar-refractivity contribution in [3.05, 3.63) is 47.5 Å². The minimum atomic E-state index is -3.07. The molecule has 0 spiro atoms. The standard InChI is InChI=1S/C34H48F3N5O3/c1-21(2)42-28(17-18-39-42)32(44)41-30(29(23-11-7-5-8-12-23)24-13-9-6-10-14-24)33(45)40-27-16-15-25(19-26(27)35)22(3)31(43)38-20-34(4,36)37/h15-19,21-24,29-30H,5-14,20H2,1-4H3,(H,38,43)(H,40,45)(H,41,44)/t22-,30-/m0/s1. The van der Waals surface area contributed by atoms with Gasteiger partial charge < -0.3 is 16.0 Å². The van der Waals surface area contributed by atoms with Crippen LogP contribution in [0.3, 0.4) is 0 Å². The van der Waals surface area contributed by atoms with Crippen LogP contribution in [-0.2, 0) is 9.59 Å². The molecule has 2 atom stereocenters. The van der Waals surface area contributed by atoms with E-state index in [0.717, 1.165) is 70.3 Å². The molecule has 0 bridgehead atoms. The van der Waals surface area contributed by atoms with Crippen molar-refractivity contribution in [1.82, 2.24) is 20.4 Å². The predicted molar refractivity (Wildman–Crippen MR) is 168 cm³/mol. The number of rotatable bonds is 12. The highest BCUT2D eigenvalue weighted by atomic mass is 19.3. The summed E-state index contributed by atoms with van der Waals surface area (Å²) in [6.07, 6.45) is 12.1. The van der Waals surface area contributed by atoms with E-state index >= 15 is 4.39 Å². The highest BCUT2D eigenvalue weighted by Crippen LogP contribution is 2.42. The maximum Gasteiger partial charge on any atom is 0.270 e. The smallest absolute Gasteiger partial charge is 0.270 e. The summed E-state index contributed by atoms with van der Waals surface area (Å²) in [5, 5.41) is 12.3. The Labute approximate surface area is 264 Å². The second-order valence-electron chi connectivity index (χ2n) is 13.3. The maximum absolute atomic E-state index is 15.4. The van der Waals surface area contributed by atoms with Crippen LogP contribution in [0.15, 0.2) is 30.5 Å². The van der Waals surface area contributed by atoms with Gasteiger partial charge in [0, 0.05) is 19.2 Å². The molecule has 0 saturated heterocycles. The number of alkyl halides is 2. The van der Waals surface area contributed by atoms with E-state index in [0.29, 0.717) is 12.6 Å². The molecule has 2 aliphatic carbocycles. The van der Waals surface area contributed by atoms with E-state index in [-0.39, 0.29) is 35.0 Å². The molecule has 8 nitrogen and oxygen atoms in total. The molecule has 248 valence electrons. The second kappa shape index (κ2) is 15.3. The maximum atomic E-state index is 15.4. The largest absolute Gasteiger partial charge is 0.350 e. The number of amides is 3. The van der Waals surface area contributed by atoms with Crippen LogP contribution >= 0.6 is 0 Å². The first kappa shape index (κ1) is 34.5. The summed E-state index contributed by atoms with van der Waals surface area (Å²) in [7, 11) is 0. The Morgan fingerprint density at radius 3 is 2.07 bits per heavy atom. The van der Waals surface area contributed by atoms with Crippen molar-refractivity contribution in [2.45, 2.75) is 116 Å². The Hall–Kier alpha value is -3.37. The molecule has 2 saturated carbocycles. The van der Waals surface area contributed by atoms with Gasteiger partial charge in [-0.2, -0.15) is 5.10 Å². The lowest BCUT2D eigenvalue weighted by Gasteiger charge is -2.42. The molecule has 1 aromatic carbocycles. The van der Waals surface area contributed by atoms with Crippen LogP contribution in [0.1, 0.15) is 120 Å². The van der Waals surface area contributed by atoms with Crippen molar-refractivity contribution >= 4 is 23.4 Å². The van der Waals surface area contributed by atoms with Gasteiger partial charge in [0.05, 0.1) is 18.2 Å². The van der Waals surface area contributed by atoms with E-state index in [1.54, 1.807) is 16.9 Å². The minimum Gasteiger partial charge on any atom is -0.350 e. The van der Waals surface area contributed by atoms with E-state index < -0.39 is 48.0 Å². The zero-order valence-electron chi connectivity index (χ0n) is 26.9. The first-order valence-electron chi connectivity index (χ1n) is 16.5. The molecule has 1 heterocycles. The fraction of sp³-hybridized carbons (Fsp3) is 0.647. The third kappa shape index (κ3) is 9.10. The average molecular weight is 632 g/mol. The summed E-state index contributed by atoms with van der Waals surface area (Å²) in [5.74, 6) is -5.82. The van der Waals surface area contributed by atoms with E-state index in [2.05, 4.69) is 21.0 Å². The van der Waals surface area contributed by atoms with Gasteiger partial charge >= 0.3 is 0 Å². The Balaban J connectivity index is 1.61. The number of carbonyl (C=O) groups is 3. The Bertz CT molecular complexity index is 1290. The molecule has 2 fully saturated rings. The minimum absolute atomic E-state index is 0.0592. The Morgan fingerprint density at radius 2 is 1.53 bits per heavy atom. The first-order chi connectivity index (χ1) is 21.4. The summed E-state index contributed by atoms with van der Waals surface area (Å²) >= 11 is 0. The number of nitrogens with one attached hydrogen (secondary N) is 3. The lowest BCUT2D eigenvalue weighted by atomic mass is 9.66. The normalized spacial score (nSPS) is 18.1. The molecular formula is C34H48F3N5O3. The quantitative estimate of drug-likeness (QED) is 0.235. The van der Waals surface area contributed by atoms with Gasteiger partial charge in [-0.05, 0) is 62.3 Å². The summed E-state index contributed by atoms with van der Waals surface area (Å²) in [5.41, 5.74) is 0.572. The number of anilines is 1. The average Bonchev–Trinajstić information content (AvgIpc) is 3.52. The molecule has 4 rings (SSSR count). The van der Waals surface area contributed by atoms with Crippen LogP contribution in [0, 0.1) is 23.6 Å². The van der Waals surface area contributed by atoms with Gasteiger partial charge in [-0.25, -0.2) is 13.2 Å². The molecule has 45 heavy (non-hydrogen) atoms.